The molecular formula is C21H25N3S. The maximum atomic E-state index is 8.98. The number of hydrogen-bond donors (Lipinski definition) is 1. The van der Waals surface area contributed by atoms with Gasteiger partial charge in [0, 0.05) is 23.5 Å². The molecular weight excluding hydrogens is 326 g/mol. The number of piperidine rings is 1. The summed E-state index contributed by atoms with van der Waals surface area (Å²) in [6.07, 6.45) is 2.90. The molecule has 1 aliphatic rings. The van der Waals surface area contributed by atoms with Crippen LogP contribution < -0.4 is 4.72 Å². The lowest BCUT2D eigenvalue weighted by Gasteiger charge is -2.38. The Morgan fingerprint density at radius 2 is 1.88 bits per heavy atom. The SMILES string of the molecule is CC1(CC#N)CCN(Cc2cccc(NSc3ccccc3)c2)CC1. The lowest BCUT2D eigenvalue weighted by atomic mass is 9.78. The number of hydrogen-bond acceptors (Lipinski definition) is 4. The molecule has 0 spiro atoms. The van der Waals surface area contributed by atoms with Gasteiger partial charge in [-0.3, -0.25) is 4.90 Å². The maximum Gasteiger partial charge on any atom is 0.0627 e. The highest BCUT2D eigenvalue weighted by Crippen LogP contribution is 2.34. The Bertz CT molecular complexity index is 715. The van der Waals surface area contributed by atoms with Crippen LogP contribution in [0, 0.1) is 16.7 Å². The molecule has 0 amide bonds. The van der Waals surface area contributed by atoms with Crippen molar-refractivity contribution in [3.63, 3.8) is 0 Å². The fourth-order valence-corrected chi connectivity index (χ4v) is 3.87. The third-order valence-electron chi connectivity index (χ3n) is 4.93. The van der Waals surface area contributed by atoms with Gasteiger partial charge in [-0.25, -0.2) is 0 Å². The van der Waals surface area contributed by atoms with E-state index >= 15 is 0 Å². The van der Waals surface area contributed by atoms with Crippen LogP contribution in [-0.2, 0) is 6.54 Å². The normalized spacial score (nSPS) is 17.0. The molecule has 1 N–H and O–H groups in total. The molecule has 130 valence electrons. The number of anilines is 1. The van der Waals surface area contributed by atoms with Gasteiger partial charge in [-0.15, -0.1) is 0 Å². The molecule has 0 aromatic heterocycles. The van der Waals surface area contributed by atoms with Gasteiger partial charge in [-0.2, -0.15) is 5.26 Å². The number of likely N-dealkylation sites (tertiary alicyclic amines) is 1. The van der Waals surface area contributed by atoms with Crippen molar-refractivity contribution < 1.29 is 0 Å². The third kappa shape index (κ3) is 5.26. The van der Waals surface area contributed by atoms with Crippen LogP contribution in [0.3, 0.4) is 0 Å². The van der Waals surface area contributed by atoms with Crippen LogP contribution in [0.4, 0.5) is 5.69 Å². The molecule has 4 heteroatoms. The van der Waals surface area contributed by atoms with Crippen molar-refractivity contribution in [2.75, 3.05) is 17.8 Å². The molecule has 0 saturated carbocycles. The molecule has 1 fully saturated rings. The second-order valence-corrected chi connectivity index (χ2v) is 8.02. The summed E-state index contributed by atoms with van der Waals surface area (Å²) in [5.41, 5.74) is 2.68. The molecule has 1 heterocycles. The van der Waals surface area contributed by atoms with Gasteiger partial charge in [0.2, 0.25) is 0 Å². The Labute approximate surface area is 155 Å². The predicted octanol–water partition coefficient (Wildman–Crippen LogP) is 5.32. The van der Waals surface area contributed by atoms with E-state index < -0.39 is 0 Å². The number of benzene rings is 2. The summed E-state index contributed by atoms with van der Waals surface area (Å²) in [4.78, 5) is 3.71. The Balaban J connectivity index is 1.53. The van der Waals surface area contributed by atoms with Crippen molar-refractivity contribution >= 4 is 17.6 Å². The molecule has 0 bridgehead atoms. The minimum atomic E-state index is 0.209. The highest BCUT2D eigenvalue weighted by molar-refractivity contribution is 8.00. The Morgan fingerprint density at radius 3 is 2.60 bits per heavy atom. The molecule has 0 atom stereocenters. The van der Waals surface area contributed by atoms with E-state index in [9.17, 15) is 0 Å². The largest absolute Gasteiger partial charge is 0.326 e. The van der Waals surface area contributed by atoms with Crippen LogP contribution in [0.25, 0.3) is 0 Å². The smallest absolute Gasteiger partial charge is 0.0627 e. The van der Waals surface area contributed by atoms with Gasteiger partial charge in [-0.05, 0) is 73.1 Å². The zero-order valence-electron chi connectivity index (χ0n) is 14.7. The molecule has 2 aromatic rings. The summed E-state index contributed by atoms with van der Waals surface area (Å²) in [5, 5.41) is 8.98. The van der Waals surface area contributed by atoms with Gasteiger partial charge in [0.25, 0.3) is 0 Å². The minimum Gasteiger partial charge on any atom is -0.326 e. The number of nitriles is 1. The summed E-state index contributed by atoms with van der Waals surface area (Å²) < 4.78 is 3.43. The van der Waals surface area contributed by atoms with Crippen molar-refractivity contribution in [2.45, 2.75) is 37.6 Å². The van der Waals surface area contributed by atoms with Gasteiger partial charge in [0.1, 0.15) is 0 Å². The van der Waals surface area contributed by atoms with Crippen molar-refractivity contribution in [3.8, 4) is 6.07 Å². The van der Waals surface area contributed by atoms with Gasteiger partial charge in [0.05, 0.1) is 6.07 Å². The quantitative estimate of drug-likeness (QED) is 0.715. The van der Waals surface area contributed by atoms with E-state index in [1.807, 2.05) is 6.07 Å². The van der Waals surface area contributed by atoms with E-state index in [2.05, 4.69) is 71.1 Å². The van der Waals surface area contributed by atoms with Crippen LogP contribution in [-0.4, -0.2) is 18.0 Å². The standard InChI is InChI=1S/C21H25N3S/c1-21(10-13-22)11-14-24(15-12-21)17-18-6-5-7-19(16-18)23-25-20-8-3-2-4-9-20/h2-9,16,23H,10-12,14-15,17H2,1H3. The average molecular weight is 352 g/mol. The van der Waals surface area contributed by atoms with Crippen LogP contribution in [0.15, 0.2) is 59.5 Å². The Morgan fingerprint density at radius 1 is 1.12 bits per heavy atom. The topological polar surface area (TPSA) is 39.1 Å². The molecule has 2 aromatic carbocycles. The van der Waals surface area contributed by atoms with Crippen LogP contribution in [0.5, 0.6) is 0 Å². The summed E-state index contributed by atoms with van der Waals surface area (Å²) in [6.45, 7) is 5.39. The van der Waals surface area contributed by atoms with Crippen LogP contribution >= 0.6 is 11.9 Å². The Hall–Kier alpha value is -1.96. The van der Waals surface area contributed by atoms with E-state index in [1.165, 1.54) is 10.5 Å². The summed E-state index contributed by atoms with van der Waals surface area (Å²) in [6, 6.07) is 21.4. The minimum absolute atomic E-state index is 0.209. The van der Waals surface area contributed by atoms with E-state index in [0.717, 1.165) is 38.2 Å². The molecule has 0 aliphatic carbocycles. The lowest BCUT2D eigenvalue weighted by molar-refractivity contribution is 0.116. The molecule has 3 rings (SSSR count). The zero-order valence-corrected chi connectivity index (χ0v) is 15.6. The number of nitrogens with zero attached hydrogens (tertiary/aromatic N) is 2. The first-order chi connectivity index (χ1) is 12.2. The van der Waals surface area contributed by atoms with Gasteiger partial charge < -0.3 is 4.72 Å². The molecule has 0 radical (unpaired) electrons. The molecule has 25 heavy (non-hydrogen) atoms. The lowest BCUT2D eigenvalue weighted by Crippen LogP contribution is -2.38. The first kappa shape index (κ1) is 17.8. The maximum absolute atomic E-state index is 8.98. The van der Waals surface area contributed by atoms with E-state index in [-0.39, 0.29) is 5.41 Å². The fourth-order valence-electron chi connectivity index (χ4n) is 3.22. The number of rotatable bonds is 6. The van der Waals surface area contributed by atoms with Crippen molar-refractivity contribution in [3.05, 3.63) is 60.2 Å². The molecule has 3 nitrogen and oxygen atoms in total. The van der Waals surface area contributed by atoms with Crippen molar-refractivity contribution in [1.29, 1.82) is 5.26 Å². The summed E-state index contributed by atoms with van der Waals surface area (Å²) in [5.74, 6) is 0. The highest BCUT2D eigenvalue weighted by Gasteiger charge is 2.29. The number of nitrogens with one attached hydrogen (secondary N) is 1. The third-order valence-corrected chi connectivity index (χ3v) is 5.78. The molecule has 0 unspecified atom stereocenters. The van der Waals surface area contributed by atoms with Gasteiger partial charge in [0.15, 0.2) is 0 Å². The van der Waals surface area contributed by atoms with Gasteiger partial charge >= 0.3 is 0 Å². The van der Waals surface area contributed by atoms with Crippen molar-refractivity contribution in [1.82, 2.24) is 4.90 Å². The second-order valence-electron chi connectivity index (χ2n) is 7.14. The van der Waals surface area contributed by atoms with E-state index in [4.69, 9.17) is 5.26 Å². The van der Waals surface area contributed by atoms with Crippen LogP contribution in [0.2, 0.25) is 0 Å². The monoisotopic (exact) mass is 351 g/mol. The predicted molar refractivity (Wildman–Crippen MR) is 105 cm³/mol. The first-order valence-electron chi connectivity index (χ1n) is 8.83. The summed E-state index contributed by atoms with van der Waals surface area (Å²) in [7, 11) is 0. The summed E-state index contributed by atoms with van der Waals surface area (Å²) >= 11 is 1.64. The average Bonchev–Trinajstić information content (AvgIpc) is 2.64. The Kier molecular flexibility index (Phi) is 6.01. The van der Waals surface area contributed by atoms with Gasteiger partial charge in [-0.1, -0.05) is 37.3 Å². The second kappa shape index (κ2) is 8.42. The molecule has 1 aliphatic heterocycles. The highest BCUT2D eigenvalue weighted by atomic mass is 32.2. The molecule has 1 saturated heterocycles. The zero-order chi connectivity index (χ0) is 17.5. The fraction of sp³-hybridized carbons (Fsp3) is 0.381. The van der Waals surface area contributed by atoms with E-state index in [0.29, 0.717) is 6.42 Å². The van der Waals surface area contributed by atoms with E-state index in [1.54, 1.807) is 11.9 Å². The van der Waals surface area contributed by atoms with Crippen molar-refractivity contribution in [2.24, 2.45) is 5.41 Å². The first-order valence-corrected chi connectivity index (χ1v) is 9.65. The van der Waals surface area contributed by atoms with Crippen LogP contribution in [0.1, 0.15) is 31.7 Å².